The van der Waals surface area contributed by atoms with Crippen LogP contribution in [0.15, 0.2) is 0 Å². The van der Waals surface area contributed by atoms with Crippen molar-refractivity contribution in [3.8, 4) is 0 Å². The first-order valence-electron chi connectivity index (χ1n) is 8.06. The molecule has 0 radical (unpaired) electrons. The highest BCUT2D eigenvalue weighted by atomic mass is 16.5. The number of nitrogens with zero attached hydrogens (tertiary/aromatic N) is 2. The highest BCUT2D eigenvalue weighted by molar-refractivity contribution is 5.82. The van der Waals surface area contributed by atoms with Crippen LogP contribution in [0.5, 0.6) is 0 Å². The summed E-state index contributed by atoms with van der Waals surface area (Å²) in [5.74, 6) is 0.179. The Balaban J connectivity index is 1.77. The van der Waals surface area contributed by atoms with Crippen LogP contribution in [-0.4, -0.2) is 87.8 Å². The van der Waals surface area contributed by atoms with Crippen molar-refractivity contribution < 1.29 is 19.1 Å². The van der Waals surface area contributed by atoms with E-state index in [-0.39, 0.29) is 17.7 Å². The van der Waals surface area contributed by atoms with Gasteiger partial charge in [0, 0.05) is 39.8 Å². The first kappa shape index (κ1) is 17.2. The molecule has 2 heterocycles. The summed E-state index contributed by atoms with van der Waals surface area (Å²) < 4.78 is 10.2. The Bertz CT molecular complexity index is 372. The van der Waals surface area contributed by atoms with Crippen molar-refractivity contribution in [2.75, 3.05) is 66.2 Å². The number of piperidine rings is 1. The predicted molar refractivity (Wildman–Crippen MR) is 81.4 cm³/mol. The molecule has 7 nitrogen and oxygen atoms in total. The van der Waals surface area contributed by atoms with Gasteiger partial charge in [-0.3, -0.25) is 9.59 Å². The van der Waals surface area contributed by atoms with Gasteiger partial charge in [-0.05, 0) is 12.8 Å². The Morgan fingerprint density at radius 3 is 2.73 bits per heavy atom. The van der Waals surface area contributed by atoms with E-state index >= 15 is 0 Å². The van der Waals surface area contributed by atoms with Gasteiger partial charge in [0.25, 0.3) is 0 Å². The van der Waals surface area contributed by atoms with Gasteiger partial charge >= 0.3 is 0 Å². The van der Waals surface area contributed by atoms with Crippen LogP contribution in [0.2, 0.25) is 0 Å². The summed E-state index contributed by atoms with van der Waals surface area (Å²) in [5, 5.41) is 3.06. The zero-order valence-corrected chi connectivity index (χ0v) is 13.4. The van der Waals surface area contributed by atoms with E-state index in [0.29, 0.717) is 52.5 Å². The Morgan fingerprint density at radius 2 is 2.00 bits per heavy atom. The van der Waals surface area contributed by atoms with E-state index in [0.717, 1.165) is 19.4 Å². The Hall–Kier alpha value is -1.18. The van der Waals surface area contributed by atoms with E-state index < -0.39 is 0 Å². The van der Waals surface area contributed by atoms with Crippen molar-refractivity contribution in [1.29, 1.82) is 0 Å². The maximum Gasteiger partial charge on any atom is 0.236 e. The van der Waals surface area contributed by atoms with Crippen LogP contribution in [0, 0.1) is 5.92 Å². The summed E-state index contributed by atoms with van der Waals surface area (Å²) in [4.78, 5) is 28.4. The molecule has 2 aliphatic rings. The van der Waals surface area contributed by atoms with Crippen molar-refractivity contribution >= 4 is 11.8 Å². The highest BCUT2D eigenvalue weighted by Gasteiger charge is 2.31. The van der Waals surface area contributed by atoms with E-state index in [4.69, 9.17) is 9.47 Å². The van der Waals surface area contributed by atoms with Gasteiger partial charge < -0.3 is 24.6 Å². The fourth-order valence-corrected chi connectivity index (χ4v) is 2.93. The molecule has 7 heteroatoms. The largest absolute Gasteiger partial charge is 0.383 e. The van der Waals surface area contributed by atoms with E-state index in [1.54, 1.807) is 7.11 Å². The first-order valence-corrected chi connectivity index (χ1v) is 8.06. The Morgan fingerprint density at radius 1 is 1.23 bits per heavy atom. The molecule has 2 saturated heterocycles. The van der Waals surface area contributed by atoms with Gasteiger partial charge in [0.1, 0.15) is 0 Å². The molecule has 0 spiro atoms. The third-order valence-corrected chi connectivity index (χ3v) is 4.21. The third-order valence-electron chi connectivity index (χ3n) is 4.21. The predicted octanol–water partition coefficient (Wildman–Crippen LogP) is -0.680. The molecule has 2 aliphatic heterocycles. The fraction of sp³-hybridized carbons (Fsp3) is 0.867. The molecular formula is C15H27N3O4. The maximum atomic E-state index is 12.5. The second kappa shape index (κ2) is 9.07. The van der Waals surface area contributed by atoms with E-state index in [9.17, 15) is 9.59 Å². The summed E-state index contributed by atoms with van der Waals surface area (Å²) in [5.41, 5.74) is 0. The van der Waals surface area contributed by atoms with Crippen LogP contribution < -0.4 is 5.32 Å². The number of morpholine rings is 1. The number of nitrogens with one attached hydrogen (secondary N) is 1. The van der Waals surface area contributed by atoms with Crippen LogP contribution in [0.25, 0.3) is 0 Å². The van der Waals surface area contributed by atoms with Gasteiger partial charge in [-0.15, -0.1) is 0 Å². The molecule has 1 atom stereocenters. The molecule has 126 valence electrons. The molecule has 2 fully saturated rings. The third kappa shape index (κ3) is 4.93. The van der Waals surface area contributed by atoms with Crippen molar-refractivity contribution in [1.82, 2.24) is 15.1 Å². The highest BCUT2D eigenvalue weighted by Crippen LogP contribution is 2.19. The molecule has 2 amide bonds. The summed E-state index contributed by atoms with van der Waals surface area (Å²) in [6.07, 6.45) is 1.77. The molecule has 1 unspecified atom stereocenters. The van der Waals surface area contributed by atoms with Gasteiger partial charge in [-0.25, -0.2) is 0 Å². The zero-order valence-electron chi connectivity index (χ0n) is 13.4. The Kier molecular flexibility index (Phi) is 7.08. The average Bonchev–Trinajstić information content (AvgIpc) is 2.59. The second-order valence-electron chi connectivity index (χ2n) is 5.79. The molecule has 0 aliphatic carbocycles. The van der Waals surface area contributed by atoms with Crippen LogP contribution in [0.4, 0.5) is 0 Å². The number of hydrogen-bond donors (Lipinski definition) is 1. The van der Waals surface area contributed by atoms with Gasteiger partial charge in [-0.2, -0.15) is 0 Å². The topological polar surface area (TPSA) is 71.1 Å². The standard InChI is InChI=1S/C15H27N3O4/c1-21-8-4-16-11-14(19)18-5-2-3-13(12-18)15(20)17-6-9-22-10-7-17/h13,16H,2-12H2,1H3. The number of carbonyl (C=O) groups excluding carboxylic acids is 2. The molecule has 0 aromatic carbocycles. The molecule has 22 heavy (non-hydrogen) atoms. The summed E-state index contributed by atoms with van der Waals surface area (Å²) in [7, 11) is 1.63. The summed E-state index contributed by atoms with van der Waals surface area (Å²) in [6.45, 7) is 5.41. The van der Waals surface area contributed by atoms with Crippen LogP contribution in [0.1, 0.15) is 12.8 Å². The summed E-state index contributed by atoms with van der Waals surface area (Å²) in [6, 6.07) is 0. The van der Waals surface area contributed by atoms with Crippen LogP contribution in [0.3, 0.4) is 0 Å². The average molecular weight is 313 g/mol. The van der Waals surface area contributed by atoms with Gasteiger partial charge in [0.2, 0.25) is 11.8 Å². The molecule has 0 aromatic heterocycles. The van der Waals surface area contributed by atoms with Crippen molar-refractivity contribution in [3.63, 3.8) is 0 Å². The molecule has 1 N–H and O–H groups in total. The number of hydrogen-bond acceptors (Lipinski definition) is 5. The lowest BCUT2D eigenvalue weighted by Crippen LogP contribution is -2.50. The fourth-order valence-electron chi connectivity index (χ4n) is 2.93. The van der Waals surface area contributed by atoms with E-state index in [1.807, 2.05) is 9.80 Å². The quantitative estimate of drug-likeness (QED) is 0.658. The first-order chi connectivity index (χ1) is 10.7. The Labute approximate surface area is 131 Å². The normalized spacial score (nSPS) is 22.7. The molecule has 2 rings (SSSR count). The molecule has 0 aromatic rings. The molecule has 0 saturated carbocycles. The van der Waals surface area contributed by atoms with Crippen LogP contribution in [-0.2, 0) is 19.1 Å². The maximum absolute atomic E-state index is 12.5. The lowest BCUT2D eigenvalue weighted by Gasteiger charge is -2.36. The van der Waals surface area contributed by atoms with Crippen molar-refractivity contribution in [2.24, 2.45) is 5.92 Å². The monoisotopic (exact) mass is 313 g/mol. The van der Waals surface area contributed by atoms with Gasteiger partial charge in [0.15, 0.2) is 0 Å². The summed E-state index contributed by atoms with van der Waals surface area (Å²) >= 11 is 0. The van der Waals surface area contributed by atoms with Crippen molar-refractivity contribution in [2.45, 2.75) is 12.8 Å². The number of carbonyl (C=O) groups is 2. The number of likely N-dealkylation sites (tertiary alicyclic amines) is 1. The van der Waals surface area contributed by atoms with E-state index in [1.165, 1.54) is 0 Å². The second-order valence-corrected chi connectivity index (χ2v) is 5.79. The number of ether oxygens (including phenoxy) is 2. The van der Waals surface area contributed by atoms with Gasteiger partial charge in [-0.1, -0.05) is 0 Å². The lowest BCUT2D eigenvalue weighted by molar-refractivity contribution is -0.143. The number of amides is 2. The number of rotatable bonds is 6. The minimum atomic E-state index is -0.0604. The molecular weight excluding hydrogens is 286 g/mol. The minimum Gasteiger partial charge on any atom is -0.383 e. The van der Waals surface area contributed by atoms with Gasteiger partial charge in [0.05, 0.1) is 32.3 Å². The van der Waals surface area contributed by atoms with Crippen molar-refractivity contribution in [3.05, 3.63) is 0 Å². The molecule has 0 bridgehead atoms. The van der Waals surface area contributed by atoms with E-state index in [2.05, 4.69) is 5.32 Å². The van der Waals surface area contributed by atoms with Crippen LogP contribution >= 0.6 is 0 Å². The number of methoxy groups -OCH3 is 1. The minimum absolute atomic E-state index is 0.0604. The zero-order chi connectivity index (χ0) is 15.8. The lowest BCUT2D eigenvalue weighted by atomic mass is 9.96. The SMILES string of the molecule is COCCNCC(=O)N1CCCC(C(=O)N2CCOCC2)C1. The smallest absolute Gasteiger partial charge is 0.236 e.